The first-order chi connectivity index (χ1) is 26.3. The van der Waals surface area contributed by atoms with Crippen molar-refractivity contribution in [2.45, 2.75) is 232 Å². The Morgan fingerprint density at radius 3 is 1.31 bits per heavy atom. The number of unbranched alkanes of at least 4 members (excludes halogenated alkanes) is 28. The monoisotopic (exact) mass is 788 g/mol. The summed E-state index contributed by atoms with van der Waals surface area (Å²) in [6, 6.07) is 0. The van der Waals surface area contributed by atoms with E-state index < -0.39 is 26.5 Å². The molecule has 0 aromatic heterocycles. The molecule has 0 rings (SSSR count). The van der Waals surface area contributed by atoms with Crippen molar-refractivity contribution < 1.29 is 37.6 Å². The number of carbonyl (C=O) groups is 2. The number of phosphoric ester groups is 1. The van der Waals surface area contributed by atoms with Gasteiger partial charge in [0.25, 0.3) is 0 Å². The largest absolute Gasteiger partial charge is 0.472 e. The van der Waals surface area contributed by atoms with Crippen molar-refractivity contribution in [2.75, 3.05) is 26.4 Å². The van der Waals surface area contributed by atoms with Crippen LogP contribution >= 0.6 is 7.82 Å². The summed E-state index contributed by atoms with van der Waals surface area (Å²) in [6.07, 6.45) is 42.4. The molecule has 10 heteroatoms. The van der Waals surface area contributed by atoms with Crippen molar-refractivity contribution in [1.29, 1.82) is 0 Å². The third kappa shape index (κ3) is 40.4. The number of hydrogen-bond acceptors (Lipinski definition) is 8. The second-order valence-electron chi connectivity index (χ2n) is 15.3. The average molecular weight is 788 g/mol. The molecule has 3 N–H and O–H groups in total. The van der Waals surface area contributed by atoms with Gasteiger partial charge in [0.05, 0.1) is 13.2 Å². The highest BCUT2D eigenvalue weighted by atomic mass is 31.2. The molecule has 0 heterocycles. The summed E-state index contributed by atoms with van der Waals surface area (Å²) < 4.78 is 32.8. The van der Waals surface area contributed by atoms with E-state index in [1.54, 1.807) is 0 Å². The van der Waals surface area contributed by atoms with Gasteiger partial charge >= 0.3 is 19.8 Å². The van der Waals surface area contributed by atoms with Crippen LogP contribution in [0.5, 0.6) is 0 Å². The van der Waals surface area contributed by atoms with E-state index in [1.165, 1.54) is 141 Å². The van der Waals surface area contributed by atoms with Crippen LogP contribution in [0.1, 0.15) is 226 Å². The molecule has 0 amide bonds. The van der Waals surface area contributed by atoms with Gasteiger partial charge in [0, 0.05) is 19.4 Å². The normalized spacial score (nSPS) is 13.3. The van der Waals surface area contributed by atoms with Crippen molar-refractivity contribution in [3.8, 4) is 0 Å². The zero-order valence-electron chi connectivity index (χ0n) is 35.2. The van der Waals surface area contributed by atoms with Gasteiger partial charge in [-0.2, -0.15) is 0 Å². The Morgan fingerprint density at radius 1 is 0.537 bits per heavy atom. The molecule has 0 aromatic rings. The Labute approximate surface area is 332 Å². The van der Waals surface area contributed by atoms with Crippen LogP contribution in [-0.4, -0.2) is 49.3 Å². The summed E-state index contributed by atoms with van der Waals surface area (Å²) in [5, 5.41) is 0. The summed E-state index contributed by atoms with van der Waals surface area (Å²) in [5.41, 5.74) is 5.35. The Hall–Kier alpha value is -1.25. The maximum Gasteiger partial charge on any atom is 0.472 e. The van der Waals surface area contributed by atoms with Crippen LogP contribution in [0.15, 0.2) is 12.2 Å². The third-order valence-electron chi connectivity index (χ3n) is 9.90. The highest BCUT2D eigenvalue weighted by Crippen LogP contribution is 2.43. The second-order valence-corrected chi connectivity index (χ2v) is 16.7. The van der Waals surface area contributed by atoms with Gasteiger partial charge in [-0.1, -0.05) is 187 Å². The molecule has 0 saturated heterocycles. The predicted octanol–water partition coefficient (Wildman–Crippen LogP) is 13.0. The highest BCUT2D eigenvalue weighted by Gasteiger charge is 2.26. The van der Waals surface area contributed by atoms with Crippen LogP contribution in [-0.2, 0) is 32.7 Å². The van der Waals surface area contributed by atoms with Gasteiger partial charge in [0.1, 0.15) is 6.61 Å². The van der Waals surface area contributed by atoms with Gasteiger partial charge < -0.3 is 20.1 Å². The van der Waals surface area contributed by atoms with Crippen molar-refractivity contribution in [3.63, 3.8) is 0 Å². The maximum absolute atomic E-state index is 12.6. The van der Waals surface area contributed by atoms with E-state index in [0.29, 0.717) is 6.42 Å². The van der Waals surface area contributed by atoms with Gasteiger partial charge in [-0.05, 0) is 38.5 Å². The molecule has 0 aliphatic heterocycles. The number of carbonyl (C=O) groups excluding carboxylic acids is 2. The van der Waals surface area contributed by atoms with Crippen LogP contribution < -0.4 is 5.73 Å². The van der Waals surface area contributed by atoms with E-state index in [2.05, 4.69) is 26.0 Å². The lowest BCUT2D eigenvalue weighted by molar-refractivity contribution is -0.161. The third-order valence-corrected chi connectivity index (χ3v) is 10.9. The van der Waals surface area contributed by atoms with Crippen molar-refractivity contribution in [2.24, 2.45) is 5.73 Å². The molecule has 0 aliphatic rings. The number of nitrogens with two attached hydrogens (primary N) is 1. The summed E-state index contributed by atoms with van der Waals surface area (Å²) in [7, 11) is -4.37. The molecule has 0 aliphatic carbocycles. The number of ether oxygens (including phenoxy) is 2. The molecule has 0 fully saturated rings. The lowest BCUT2D eigenvalue weighted by Crippen LogP contribution is -2.29. The number of esters is 2. The zero-order chi connectivity index (χ0) is 39.6. The van der Waals surface area contributed by atoms with Gasteiger partial charge in [-0.3, -0.25) is 18.6 Å². The Kier molecular flexibility index (Phi) is 40.4. The summed E-state index contributed by atoms with van der Waals surface area (Å²) in [6.45, 7) is 3.75. The minimum atomic E-state index is -4.37. The maximum atomic E-state index is 12.6. The molecule has 54 heavy (non-hydrogen) atoms. The fraction of sp³-hybridized carbons (Fsp3) is 0.909. The number of rotatable bonds is 43. The molecular formula is C44H86NO8P. The summed E-state index contributed by atoms with van der Waals surface area (Å²) in [5.74, 6) is -0.826. The van der Waals surface area contributed by atoms with Crippen LogP contribution in [0.2, 0.25) is 0 Å². The molecule has 9 nitrogen and oxygen atoms in total. The zero-order valence-corrected chi connectivity index (χ0v) is 36.1. The van der Waals surface area contributed by atoms with E-state index >= 15 is 0 Å². The molecule has 0 saturated carbocycles. The number of phosphoric acid groups is 1. The SMILES string of the molecule is CCCCCCCC/C=C\CCCCCCCC(=O)OC(COC(=O)CCCCCCCCCCCCCCCCCCCC)COP(=O)(O)OCCN. The average Bonchev–Trinajstić information content (AvgIpc) is 3.16. The molecule has 0 aromatic carbocycles. The summed E-state index contributed by atoms with van der Waals surface area (Å²) >= 11 is 0. The lowest BCUT2D eigenvalue weighted by Gasteiger charge is -2.19. The van der Waals surface area contributed by atoms with Crippen molar-refractivity contribution in [3.05, 3.63) is 12.2 Å². The highest BCUT2D eigenvalue weighted by molar-refractivity contribution is 7.47. The van der Waals surface area contributed by atoms with Gasteiger partial charge in [-0.25, -0.2) is 4.57 Å². The van der Waals surface area contributed by atoms with E-state index in [1.807, 2.05) is 0 Å². The molecule has 2 unspecified atom stereocenters. The minimum Gasteiger partial charge on any atom is -0.462 e. The van der Waals surface area contributed by atoms with Crippen molar-refractivity contribution in [1.82, 2.24) is 0 Å². The van der Waals surface area contributed by atoms with E-state index in [9.17, 15) is 19.0 Å². The van der Waals surface area contributed by atoms with Gasteiger partial charge in [0.15, 0.2) is 6.10 Å². The van der Waals surface area contributed by atoms with Gasteiger partial charge in [0.2, 0.25) is 0 Å². The minimum absolute atomic E-state index is 0.0549. The Balaban J connectivity index is 4.09. The molecule has 320 valence electrons. The second kappa shape index (κ2) is 41.4. The topological polar surface area (TPSA) is 134 Å². The van der Waals surface area contributed by atoms with Crippen LogP contribution in [0.3, 0.4) is 0 Å². The molecule has 0 spiro atoms. The van der Waals surface area contributed by atoms with E-state index in [4.69, 9.17) is 24.3 Å². The smallest absolute Gasteiger partial charge is 0.462 e. The quantitative estimate of drug-likeness (QED) is 0.0268. The Bertz CT molecular complexity index is 902. The Morgan fingerprint density at radius 2 is 0.907 bits per heavy atom. The molecule has 0 bridgehead atoms. The van der Waals surface area contributed by atoms with Crippen molar-refractivity contribution >= 4 is 19.8 Å². The molecular weight excluding hydrogens is 701 g/mol. The fourth-order valence-electron chi connectivity index (χ4n) is 6.51. The van der Waals surface area contributed by atoms with Crippen LogP contribution in [0.4, 0.5) is 0 Å². The van der Waals surface area contributed by atoms with Crippen LogP contribution in [0, 0.1) is 0 Å². The number of hydrogen-bond donors (Lipinski definition) is 2. The number of allylic oxidation sites excluding steroid dienone is 2. The summed E-state index contributed by atoms with van der Waals surface area (Å²) in [4.78, 5) is 34.9. The standard InChI is InChI=1S/C44H86NO8P/c1-3-5-7-9-11-13-15-17-19-20-21-23-24-26-28-30-32-34-36-43(46)50-40-42(41-52-54(48,49)51-39-38-45)53-44(47)37-35-33-31-29-27-25-22-18-16-14-12-10-8-6-4-2/h18,22,42H,3-17,19-21,23-41,45H2,1-2H3,(H,48,49)/b22-18-. The predicted molar refractivity (Wildman–Crippen MR) is 224 cm³/mol. The first kappa shape index (κ1) is 52.8. The molecule has 2 atom stereocenters. The first-order valence-electron chi connectivity index (χ1n) is 22.7. The van der Waals surface area contributed by atoms with E-state index in [0.717, 1.165) is 51.4 Å². The van der Waals surface area contributed by atoms with Crippen LogP contribution in [0.25, 0.3) is 0 Å². The fourth-order valence-corrected chi connectivity index (χ4v) is 7.28. The molecule has 0 radical (unpaired) electrons. The first-order valence-corrected chi connectivity index (χ1v) is 24.2. The lowest BCUT2D eigenvalue weighted by atomic mass is 10.0. The van der Waals surface area contributed by atoms with E-state index in [-0.39, 0.29) is 38.6 Å². The van der Waals surface area contributed by atoms with Gasteiger partial charge in [-0.15, -0.1) is 0 Å².